The molecule has 1 amide bonds. The largest absolute Gasteiger partial charge is 0.325 e. The third-order valence-electron chi connectivity index (χ3n) is 4.98. The number of pyridine rings is 1. The van der Waals surface area contributed by atoms with Gasteiger partial charge < -0.3 is 10.6 Å². The average molecular weight is 406 g/mol. The molecule has 4 rings (SSSR count). The maximum absolute atomic E-state index is 13.0. The number of rotatable bonds is 6. The normalized spacial score (nSPS) is 16.4. The summed E-state index contributed by atoms with van der Waals surface area (Å²) in [7, 11) is 0. The van der Waals surface area contributed by atoms with E-state index >= 15 is 0 Å². The SMILES string of the molecule is Cc1cc(Nc2ncccn2)cc([C@H]2CCN(CC(=O)Nc3ccc(F)cc3)C2)n1. The summed E-state index contributed by atoms with van der Waals surface area (Å²) in [6, 6.07) is 11.5. The molecular weight excluding hydrogens is 383 g/mol. The summed E-state index contributed by atoms with van der Waals surface area (Å²) in [5, 5.41) is 6.03. The van der Waals surface area contributed by atoms with Crippen LogP contribution in [0, 0.1) is 12.7 Å². The Morgan fingerprint density at radius 3 is 2.70 bits per heavy atom. The van der Waals surface area contributed by atoms with Gasteiger partial charge in [-0.2, -0.15) is 0 Å². The van der Waals surface area contributed by atoms with E-state index in [0.717, 1.165) is 36.6 Å². The van der Waals surface area contributed by atoms with Crippen molar-refractivity contribution in [3.8, 4) is 0 Å². The fraction of sp³-hybridized carbons (Fsp3) is 0.273. The van der Waals surface area contributed by atoms with Gasteiger partial charge >= 0.3 is 0 Å². The van der Waals surface area contributed by atoms with Crippen LogP contribution in [0.1, 0.15) is 23.7 Å². The first-order chi connectivity index (χ1) is 14.5. The quantitative estimate of drug-likeness (QED) is 0.652. The lowest BCUT2D eigenvalue weighted by atomic mass is 10.0. The summed E-state index contributed by atoms with van der Waals surface area (Å²) in [5.41, 5.74) is 3.40. The van der Waals surface area contributed by atoms with Gasteiger partial charge in [-0.05, 0) is 62.4 Å². The molecule has 30 heavy (non-hydrogen) atoms. The number of halogens is 1. The van der Waals surface area contributed by atoms with E-state index in [9.17, 15) is 9.18 Å². The Kier molecular flexibility index (Phi) is 5.94. The van der Waals surface area contributed by atoms with Gasteiger partial charge in [0, 0.05) is 47.6 Å². The fourth-order valence-corrected chi connectivity index (χ4v) is 3.62. The van der Waals surface area contributed by atoms with Crippen molar-refractivity contribution < 1.29 is 9.18 Å². The van der Waals surface area contributed by atoms with Crippen LogP contribution in [-0.2, 0) is 4.79 Å². The Hall–Kier alpha value is -3.39. The molecule has 0 radical (unpaired) electrons. The zero-order chi connectivity index (χ0) is 20.9. The third kappa shape index (κ3) is 5.15. The summed E-state index contributed by atoms with van der Waals surface area (Å²) in [5.74, 6) is 0.358. The van der Waals surface area contributed by atoms with Crippen molar-refractivity contribution in [1.29, 1.82) is 0 Å². The second-order valence-electron chi connectivity index (χ2n) is 7.40. The minimum Gasteiger partial charge on any atom is -0.325 e. The molecule has 1 saturated heterocycles. The standard InChI is InChI=1S/C22H23FN6O/c1-15-11-19(28-22-24-8-2-9-25-22)12-20(26-15)16-7-10-29(13-16)14-21(30)27-18-5-3-17(23)4-6-18/h2-6,8-9,11-12,16H,7,10,13-14H2,1H3,(H,27,30)(H,24,25,26,28)/t16-/m0/s1. The molecular formula is C22H23FN6O. The van der Waals surface area contributed by atoms with E-state index in [2.05, 4.69) is 25.5 Å². The van der Waals surface area contributed by atoms with Crippen LogP contribution in [-0.4, -0.2) is 45.4 Å². The molecule has 2 N–H and O–H groups in total. The number of benzene rings is 1. The number of carbonyl (C=O) groups is 1. The van der Waals surface area contributed by atoms with E-state index in [0.29, 0.717) is 18.2 Å². The van der Waals surface area contributed by atoms with Gasteiger partial charge in [-0.25, -0.2) is 14.4 Å². The molecule has 0 unspecified atom stereocenters. The highest BCUT2D eigenvalue weighted by atomic mass is 19.1. The van der Waals surface area contributed by atoms with Crippen molar-refractivity contribution in [2.24, 2.45) is 0 Å². The Morgan fingerprint density at radius 2 is 1.93 bits per heavy atom. The monoisotopic (exact) mass is 406 g/mol. The highest BCUT2D eigenvalue weighted by Gasteiger charge is 2.26. The number of likely N-dealkylation sites (tertiary alicyclic amines) is 1. The second kappa shape index (κ2) is 8.96. The van der Waals surface area contributed by atoms with Gasteiger partial charge in [-0.1, -0.05) is 0 Å². The van der Waals surface area contributed by atoms with Crippen molar-refractivity contribution in [1.82, 2.24) is 19.9 Å². The Balaban J connectivity index is 1.36. The highest BCUT2D eigenvalue weighted by Crippen LogP contribution is 2.28. The number of nitrogens with zero attached hydrogens (tertiary/aromatic N) is 4. The van der Waals surface area contributed by atoms with E-state index in [4.69, 9.17) is 4.98 Å². The van der Waals surface area contributed by atoms with Gasteiger partial charge in [0.15, 0.2) is 0 Å². The molecule has 3 aromatic rings. The number of aryl methyl sites for hydroxylation is 1. The summed E-state index contributed by atoms with van der Waals surface area (Å²) >= 11 is 0. The van der Waals surface area contributed by atoms with E-state index in [1.165, 1.54) is 12.1 Å². The van der Waals surface area contributed by atoms with E-state index in [1.54, 1.807) is 30.6 Å². The second-order valence-corrected chi connectivity index (χ2v) is 7.40. The molecule has 0 bridgehead atoms. The topological polar surface area (TPSA) is 83.0 Å². The number of anilines is 3. The molecule has 1 aliphatic heterocycles. The molecule has 8 heteroatoms. The van der Waals surface area contributed by atoms with Crippen LogP contribution in [0.5, 0.6) is 0 Å². The molecule has 3 heterocycles. The smallest absolute Gasteiger partial charge is 0.238 e. The predicted molar refractivity (Wildman–Crippen MR) is 113 cm³/mol. The van der Waals surface area contributed by atoms with Gasteiger partial charge in [-0.15, -0.1) is 0 Å². The van der Waals surface area contributed by atoms with Crippen molar-refractivity contribution in [3.05, 3.63) is 72.1 Å². The van der Waals surface area contributed by atoms with Crippen LogP contribution in [0.25, 0.3) is 0 Å². The van der Waals surface area contributed by atoms with Crippen molar-refractivity contribution in [2.75, 3.05) is 30.3 Å². The molecule has 154 valence electrons. The van der Waals surface area contributed by atoms with Crippen LogP contribution >= 0.6 is 0 Å². The van der Waals surface area contributed by atoms with Gasteiger partial charge in [-0.3, -0.25) is 14.7 Å². The fourth-order valence-electron chi connectivity index (χ4n) is 3.62. The first-order valence-electron chi connectivity index (χ1n) is 9.85. The van der Waals surface area contributed by atoms with Gasteiger partial charge in [0.1, 0.15) is 5.82 Å². The van der Waals surface area contributed by atoms with Crippen LogP contribution in [0.4, 0.5) is 21.7 Å². The predicted octanol–water partition coefficient (Wildman–Crippen LogP) is 3.49. The van der Waals surface area contributed by atoms with Crippen LogP contribution < -0.4 is 10.6 Å². The lowest BCUT2D eigenvalue weighted by Gasteiger charge is -2.16. The first-order valence-corrected chi connectivity index (χ1v) is 9.85. The maximum Gasteiger partial charge on any atom is 0.238 e. The Labute approximate surface area is 174 Å². The summed E-state index contributed by atoms with van der Waals surface area (Å²) < 4.78 is 13.0. The zero-order valence-electron chi connectivity index (χ0n) is 16.7. The van der Waals surface area contributed by atoms with Crippen LogP contribution in [0.15, 0.2) is 54.9 Å². The van der Waals surface area contributed by atoms with Crippen molar-refractivity contribution >= 4 is 23.2 Å². The molecule has 7 nitrogen and oxygen atoms in total. The molecule has 0 saturated carbocycles. The lowest BCUT2D eigenvalue weighted by Crippen LogP contribution is -2.31. The van der Waals surface area contributed by atoms with Gasteiger partial charge in [0.05, 0.1) is 6.54 Å². The van der Waals surface area contributed by atoms with Crippen molar-refractivity contribution in [3.63, 3.8) is 0 Å². The minimum absolute atomic E-state index is 0.108. The summed E-state index contributed by atoms with van der Waals surface area (Å²) in [6.07, 6.45) is 4.31. The molecule has 0 aliphatic carbocycles. The number of amides is 1. The number of aromatic nitrogens is 3. The number of hydrogen-bond acceptors (Lipinski definition) is 6. The van der Waals surface area contributed by atoms with Gasteiger partial charge in [0.25, 0.3) is 0 Å². The number of nitrogens with one attached hydrogen (secondary N) is 2. The van der Waals surface area contributed by atoms with E-state index in [-0.39, 0.29) is 17.6 Å². The van der Waals surface area contributed by atoms with Gasteiger partial charge in [0.2, 0.25) is 11.9 Å². The first kappa shape index (κ1) is 19.9. The number of carbonyl (C=O) groups excluding carboxylic acids is 1. The molecule has 1 aromatic carbocycles. The highest BCUT2D eigenvalue weighted by molar-refractivity contribution is 5.92. The maximum atomic E-state index is 13.0. The Bertz CT molecular complexity index is 1010. The van der Waals surface area contributed by atoms with E-state index < -0.39 is 0 Å². The Morgan fingerprint density at radius 1 is 1.17 bits per heavy atom. The average Bonchev–Trinajstić information content (AvgIpc) is 3.18. The molecule has 1 aliphatic rings. The number of hydrogen-bond donors (Lipinski definition) is 2. The van der Waals surface area contributed by atoms with Crippen LogP contribution in [0.2, 0.25) is 0 Å². The van der Waals surface area contributed by atoms with E-state index in [1.807, 2.05) is 19.1 Å². The summed E-state index contributed by atoms with van der Waals surface area (Å²) in [4.78, 5) is 27.5. The van der Waals surface area contributed by atoms with Crippen LogP contribution in [0.3, 0.4) is 0 Å². The molecule has 0 spiro atoms. The summed E-state index contributed by atoms with van der Waals surface area (Å²) in [6.45, 7) is 3.84. The molecule has 1 atom stereocenters. The zero-order valence-corrected chi connectivity index (χ0v) is 16.7. The lowest BCUT2D eigenvalue weighted by molar-refractivity contribution is -0.117. The molecule has 1 fully saturated rings. The minimum atomic E-state index is -0.325. The van der Waals surface area contributed by atoms with Crippen molar-refractivity contribution in [2.45, 2.75) is 19.3 Å². The third-order valence-corrected chi connectivity index (χ3v) is 4.98. The molecule has 2 aromatic heterocycles.